The van der Waals surface area contributed by atoms with E-state index < -0.39 is 0 Å². The number of hydrogen-bond acceptors (Lipinski definition) is 2. The van der Waals surface area contributed by atoms with Gasteiger partial charge in [-0.3, -0.25) is 9.69 Å². The number of carbonyl (C=O) groups is 1. The Morgan fingerprint density at radius 2 is 2.14 bits per heavy atom. The molecule has 1 saturated carbocycles. The van der Waals surface area contributed by atoms with Crippen LogP contribution in [-0.2, 0) is 11.3 Å². The summed E-state index contributed by atoms with van der Waals surface area (Å²) in [5.74, 6) is 0.193. The highest BCUT2D eigenvalue weighted by atomic mass is 35.5. The van der Waals surface area contributed by atoms with E-state index in [0.717, 1.165) is 6.42 Å². The first-order valence-corrected chi connectivity index (χ1v) is 8.26. The molecule has 1 aromatic rings. The average molecular weight is 327 g/mol. The van der Waals surface area contributed by atoms with Crippen molar-refractivity contribution in [2.45, 2.75) is 45.2 Å². The molecule has 1 fully saturated rings. The molecule has 0 radical (unpaired) electrons. The zero-order valence-corrected chi connectivity index (χ0v) is 14.0. The molecular weight excluding hydrogens is 303 g/mol. The Bertz CT molecular complexity index is 503. The van der Waals surface area contributed by atoms with E-state index in [1.54, 1.807) is 24.1 Å². The largest absolute Gasteiger partial charge is 0.352 e. The number of rotatable bonds is 5. The summed E-state index contributed by atoms with van der Waals surface area (Å²) in [5, 5.41) is 3.50. The molecule has 3 nitrogen and oxygen atoms in total. The summed E-state index contributed by atoms with van der Waals surface area (Å²) in [5.41, 5.74) is 0.436. The van der Waals surface area contributed by atoms with Crippen LogP contribution in [0, 0.1) is 11.7 Å². The van der Waals surface area contributed by atoms with Crippen molar-refractivity contribution in [3.05, 3.63) is 34.6 Å². The quantitative estimate of drug-likeness (QED) is 0.896. The van der Waals surface area contributed by atoms with Crippen LogP contribution in [0.1, 0.15) is 38.2 Å². The molecule has 5 heteroatoms. The molecule has 0 heterocycles. The third-order valence-electron chi connectivity index (χ3n) is 4.36. The van der Waals surface area contributed by atoms with Gasteiger partial charge in [0.05, 0.1) is 6.54 Å². The fraction of sp³-hybridized carbons (Fsp3) is 0.588. The van der Waals surface area contributed by atoms with Gasteiger partial charge in [0.1, 0.15) is 5.82 Å². The first-order valence-electron chi connectivity index (χ1n) is 7.88. The summed E-state index contributed by atoms with van der Waals surface area (Å²) in [6.07, 6.45) is 4.65. The first-order chi connectivity index (χ1) is 10.5. The summed E-state index contributed by atoms with van der Waals surface area (Å²) in [6.45, 7) is 2.75. The fourth-order valence-corrected chi connectivity index (χ4v) is 3.26. The van der Waals surface area contributed by atoms with Crippen LogP contribution in [-0.4, -0.2) is 30.4 Å². The number of nitrogens with zero attached hydrogens (tertiary/aromatic N) is 1. The van der Waals surface area contributed by atoms with E-state index in [4.69, 9.17) is 11.6 Å². The summed E-state index contributed by atoms with van der Waals surface area (Å²) < 4.78 is 13.8. The van der Waals surface area contributed by atoms with E-state index in [2.05, 4.69) is 12.2 Å². The lowest BCUT2D eigenvalue weighted by Gasteiger charge is -2.30. The molecule has 1 N–H and O–H groups in total. The van der Waals surface area contributed by atoms with Gasteiger partial charge in [0.2, 0.25) is 5.91 Å². The lowest BCUT2D eigenvalue weighted by Crippen LogP contribution is -2.44. The number of nitrogens with one attached hydrogen (secondary N) is 1. The number of carbonyl (C=O) groups excluding carboxylic acids is 1. The Morgan fingerprint density at radius 1 is 1.41 bits per heavy atom. The Labute approximate surface area is 136 Å². The Balaban J connectivity index is 1.86. The lowest BCUT2D eigenvalue weighted by molar-refractivity contribution is -0.123. The molecule has 1 aliphatic rings. The van der Waals surface area contributed by atoms with E-state index in [0.29, 0.717) is 23.0 Å². The normalized spacial score (nSPS) is 21.9. The molecule has 0 spiro atoms. The molecule has 1 aromatic carbocycles. The molecule has 0 bridgehead atoms. The minimum absolute atomic E-state index is 0.00582. The van der Waals surface area contributed by atoms with Crippen molar-refractivity contribution < 1.29 is 9.18 Å². The van der Waals surface area contributed by atoms with Gasteiger partial charge < -0.3 is 5.32 Å². The minimum Gasteiger partial charge on any atom is -0.352 e. The summed E-state index contributed by atoms with van der Waals surface area (Å²) in [4.78, 5) is 13.9. The van der Waals surface area contributed by atoms with Crippen molar-refractivity contribution in [1.29, 1.82) is 0 Å². The number of benzene rings is 1. The molecule has 2 atom stereocenters. The Kier molecular flexibility index (Phi) is 6.21. The Morgan fingerprint density at radius 3 is 2.82 bits per heavy atom. The van der Waals surface area contributed by atoms with Gasteiger partial charge >= 0.3 is 0 Å². The molecular formula is C17H24ClFN2O. The molecule has 22 heavy (non-hydrogen) atoms. The molecule has 1 aliphatic carbocycles. The predicted octanol–water partition coefficient (Wildman–Crippen LogP) is 3.61. The third-order valence-corrected chi connectivity index (χ3v) is 4.72. The average Bonchev–Trinajstić information content (AvgIpc) is 2.45. The highest BCUT2D eigenvalue weighted by Crippen LogP contribution is 2.24. The van der Waals surface area contributed by atoms with Crippen LogP contribution in [0.4, 0.5) is 4.39 Å². The maximum absolute atomic E-state index is 13.8. The van der Waals surface area contributed by atoms with E-state index in [-0.39, 0.29) is 24.3 Å². The summed E-state index contributed by atoms with van der Waals surface area (Å²) in [6, 6.07) is 4.90. The van der Waals surface area contributed by atoms with Crippen molar-refractivity contribution in [3.63, 3.8) is 0 Å². The molecule has 2 rings (SSSR count). The van der Waals surface area contributed by atoms with Crippen molar-refractivity contribution in [2.24, 2.45) is 5.92 Å². The van der Waals surface area contributed by atoms with Gasteiger partial charge in [0.25, 0.3) is 0 Å². The number of likely N-dealkylation sites (N-methyl/N-ethyl adjacent to an activating group) is 1. The van der Waals surface area contributed by atoms with Gasteiger partial charge in [0, 0.05) is 23.2 Å². The highest BCUT2D eigenvalue weighted by molar-refractivity contribution is 6.31. The maximum atomic E-state index is 13.8. The molecule has 1 amide bonds. The molecule has 0 saturated heterocycles. The fourth-order valence-electron chi connectivity index (χ4n) is 3.04. The van der Waals surface area contributed by atoms with Gasteiger partial charge in [-0.15, -0.1) is 0 Å². The van der Waals surface area contributed by atoms with Crippen LogP contribution in [0.2, 0.25) is 5.02 Å². The van der Waals surface area contributed by atoms with Gasteiger partial charge in [-0.05, 0) is 37.9 Å². The lowest BCUT2D eigenvalue weighted by atomic mass is 9.86. The van der Waals surface area contributed by atoms with Gasteiger partial charge in [-0.2, -0.15) is 0 Å². The standard InChI is InChI=1S/C17H24ClFN2O/c1-12-6-3-4-9-16(12)20-17(22)11-21(2)10-13-14(18)7-5-8-15(13)19/h5,7-8,12,16H,3-4,6,9-11H2,1-2H3,(H,20,22)/t12-,16-/m1/s1. The monoisotopic (exact) mass is 326 g/mol. The molecule has 0 unspecified atom stereocenters. The minimum atomic E-state index is -0.333. The topological polar surface area (TPSA) is 32.3 Å². The predicted molar refractivity (Wildman–Crippen MR) is 87.3 cm³/mol. The van der Waals surface area contributed by atoms with E-state index >= 15 is 0 Å². The second-order valence-corrected chi connectivity index (χ2v) is 6.72. The van der Waals surface area contributed by atoms with Crippen LogP contribution < -0.4 is 5.32 Å². The van der Waals surface area contributed by atoms with Crippen LogP contribution >= 0.6 is 11.6 Å². The van der Waals surface area contributed by atoms with Crippen LogP contribution in [0.3, 0.4) is 0 Å². The Hall–Kier alpha value is -1.13. The maximum Gasteiger partial charge on any atom is 0.234 e. The third kappa shape index (κ3) is 4.68. The number of amides is 1. The molecule has 0 aromatic heterocycles. The smallest absolute Gasteiger partial charge is 0.234 e. The second-order valence-electron chi connectivity index (χ2n) is 6.31. The molecule has 0 aliphatic heterocycles. The van der Waals surface area contributed by atoms with Crippen molar-refractivity contribution in [1.82, 2.24) is 10.2 Å². The first kappa shape index (κ1) is 17.2. The van der Waals surface area contributed by atoms with E-state index in [1.165, 1.54) is 25.3 Å². The number of halogens is 2. The van der Waals surface area contributed by atoms with Crippen molar-refractivity contribution in [2.75, 3.05) is 13.6 Å². The second kappa shape index (κ2) is 7.93. The van der Waals surface area contributed by atoms with E-state index in [9.17, 15) is 9.18 Å². The van der Waals surface area contributed by atoms with Crippen molar-refractivity contribution in [3.8, 4) is 0 Å². The van der Waals surface area contributed by atoms with Gasteiger partial charge in [-0.1, -0.05) is 37.4 Å². The van der Waals surface area contributed by atoms with Crippen LogP contribution in [0.25, 0.3) is 0 Å². The number of hydrogen-bond donors (Lipinski definition) is 1. The van der Waals surface area contributed by atoms with Gasteiger partial charge in [0.15, 0.2) is 0 Å². The van der Waals surface area contributed by atoms with E-state index in [1.807, 2.05) is 0 Å². The zero-order chi connectivity index (χ0) is 16.1. The van der Waals surface area contributed by atoms with Crippen LogP contribution in [0.5, 0.6) is 0 Å². The zero-order valence-electron chi connectivity index (χ0n) is 13.2. The summed E-state index contributed by atoms with van der Waals surface area (Å²) >= 11 is 6.02. The van der Waals surface area contributed by atoms with Crippen LogP contribution in [0.15, 0.2) is 18.2 Å². The molecule has 122 valence electrons. The highest BCUT2D eigenvalue weighted by Gasteiger charge is 2.23. The van der Waals surface area contributed by atoms with Gasteiger partial charge in [-0.25, -0.2) is 4.39 Å². The SMILES string of the molecule is C[C@@H]1CCCC[C@H]1NC(=O)CN(C)Cc1c(F)cccc1Cl. The summed E-state index contributed by atoms with van der Waals surface area (Å²) in [7, 11) is 1.80. The van der Waals surface area contributed by atoms with Crippen molar-refractivity contribution >= 4 is 17.5 Å².